The third-order valence-corrected chi connectivity index (χ3v) is 4.23. The van der Waals surface area contributed by atoms with Gasteiger partial charge in [0.05, 0.1) is 12.0 Å². The quantitative estimate of drug-likeness (QED) is 0.776. The van der Waals surface area contributed by atoms with E-state index in [1.165, 1.54) is 0 Å². The molecule has 0 fully saturated rings. The number of rotatable bonds is 1. The second-order valence-corrected chi connectivity index (χ2v) is 5.60. The van der Waals surface area contributed by atoms with Crippen LogP contribution in [0, 0.1) is 6.92 Å². The number of hydrogen-bond acceptors (Lipinski definition) is 2. The van der Waals surface area contributed by atoms with Crippen LogP contribution < -0.4 is 4.74 Å². The first-order valence-electron chi connectivity index (χ1n) is 6.20. The van der Waals surface area contributed by atoms with Crippen LogP contribution >= 0.6 is 15.9 Å². The predicted molar refractivity (Wildman–Crippen MR) is 77.6 cm³/mol. The van der Waals surface area contributed by atoms with E-state index in [2.05, 4.69) is 15.9 Å². The Kier molecular flexibility index (Phi) is 3.15. The molecule has 2 aromatic rings. The van der Waals surface area contributed by atoms with Gasteiger partial charge >= 0.3 is 0 Å². The number of ketones is 1. The summed E-state index contributed by atoms with van der Waals surface area (Å²) in [6.07, 6.45) is 0.216. The highest BCUT2D eigenvalue weighted by Crippen LogP contribution is 2.37. The zero-order valence-electron chi connectivity index (χ0n) is 10.5. The Balaban J connectivity index is 2.00. The summed E-state index contributed by atoms with van der Waals surface area (Å²) in [5, 5.41) is 0. The number of fused-ring (bicyclic) bond motifs is 1. The van der Waals surface area contributed by atoms with E-state index in [1.807, 2.05) is 49.4 Å². The second kappa shape index (κ2) is 4.82. The first-order chi connectivity index (χ1) is 9.15. The molecule has 0 spiro atoms. The topological polar surface area (TPSA) is 26.3 Å². The fraction of sp³-hybridized carbons (Fsp3) is 0.188. The van der Waals surface area contributed by atoms with Gasteiger partial charge in [0, 0.05) is 4.47 Å². The van der Waals surface area contributed by atoms with Gasteiger partial charge in [0.1, 0.15) is 11.9 Å². The Bertz CT molecular complexity index is 635. The Labute approximate surface area is 120 Å². The van der Waals surface area contributed by atoms with Crippen molar-refractivity contribution in [2.75, 3.05) is 0 Å². The predicted octanol–water partition coefficient (Wildman–Crippen LogP) is 4.46. The molecule has 0 bridgehead atoms. The number of benzene rings is 2. The SMILES string of the molecule is Cc1cc2c(cc1Br)C(=O)C[C@@H](c1ccccc1)O2. The van der Waals surface area contributed by atoms with E-state index in [-0.39, 0.29) is 11.9 Å². The van der Waals surface area contributed by atoms with Gasteiger partial charge in [0.2, 0.25) is 0 Å². The van der Waals surface area contributed by atoms with Crippen LogP contribution in [0.25, 0.3) is 0 Å². The lowest BCUT2D eigenvalue weighted by Gasteiger charge is -2.26. The van der Waals surface area contributed by atoms with Crippen LogP contribution in [0.5, 0.6) is 5.75 Å². The van der Waals surface area contributed by atoms with E-state index in [4.69, 9.17) is 4.74 Å². The second-order valence-electron chi connectivity index (χ2n) is 4.74. The molecule has 1 heterocycles. The van der Waals surface area contributed by atoms with Gasteiger partial charge in [-0.3, -0.25) is 4.79 Å². The Morgan fingerprint density at radius 2 is 1.95 bits per heavy atom. The van der Waals surface area contributed by atoms with Crippen molar-refractivity contribution in [1.82, 2.24) is 0 Å². The summed E-state index contributed by atoms with van der Waals surface area (Å²) in [5.74, 6) is 0.821. The van der Waals surface area contributed by atoms with Crippen molar-refractivity contribution < 1.29 is 9.53 Å². The van der Waals surface area contributed by atoms with Gasteiger partial charge in [0.15, 0.2) is 5.78 Å². The van der Waals surface area contributed by atoms with Gasteiger partial charge in [-0.15, -0.1) is 0 Å². The molecule has 0 amide bonds. The van der Waals surface area contributed by atoms with E-state index in [0.29, 0.717) is 17.7 Å². The molecule has 96 valence electrons. The molecule has 0 aliphatic carbocycles. The number of hydrogen-bond donors (Lipinski definition) is 0. The highest BCUT2D eigenvalue weighted by molar-refractivity contribution is 9.10. The molecule has 1 atom stereocenters. The lowest BCUT2D eigenvalue weighted by Crippen LogP contribution is -2.20. The largest absolute Gasteiger partial charge is 0.484 e. The zero-order chi connectivity index (χ0) is 13.4. The Hall–Kier alpha value is -1.61. The summed E-state index contributed by atoms with van der Waals surface area (Å²) in [6.45, 7) is 1.99. The molecule has 1 aliphatic heterocycles. The molecule has 0 N–H and O–H groups in total. The van der Waals surface area contributed by atoms with Crippen LogP contribution in [-0.4, -0.2) is 5.78 Å². The first-order valence-corrected chi connectivity index (χ1v) is 6.99. The van der Waals surface area contributed by atoms with Gasteiger partial charge in [0.25, 0.3) is 0 Å². The zero-order valence-corrected chi connectivity index (χ0v) is 12.1. The molecular weight excluding hydrogens is 304 g/mol. The molecule has 2 nitrogen and oxygen atoms in total. The Morgan fingerprint density at radius 1 is 1.21 bits per heavy atom. The maximum Gasteiger partial charge on any atom is 0.170 e. The number of halogens is 1. The average molecular weight is 317 g/mol. The van der Waals surface area contributed by atoms with Gasteiger partial charge in [-0.2, -0.15) is 0 Å². The fourth-order valence-electron chi connectivity index (χ4n) is 2.30. The number of carbonyl (C=O) groups excluding carboxylic acids is 1. The fourth-order valence-corrected chi connectivity index (χ4v) is 2.64. The minimum atomic E-state index is -0.179. The average Bonchev–Trinajstić information content (AvgIpc) is 2.42. The van der Waals surface area contributed by atoms with Crippen LogP contribution in [0.1, 0.15) is 34.0 Å². The molecule has 3 rings (SSSR count). The van der Waals surface area contributed by atoms with Crippen LogP contribution in [0.2, 0.25) is 0 Å². The summed E-state index contributed by atoms with van der Waals surface area (Å²) in [6, 6.07) is 13.7. The van der Waals surface area contributed by atoms with E-state index >= 15 is 0 Å². The van der Waals surface area contributed by atoms with Crippen LogP contribution in [0.3, 0.4) is 0 Å². The van der Waals surface area contributed by atoms with Crippen molar-refractivity contribution in [3.8, 4) is 5.75 Å². The summed E-state index contributed by atoms with van der Waals surface area (Å²) in [7, 11) is 0. The van der Waals surface area contributed by atoms with Crippen molar-refractivity contribution >= 4 is 21.7 Å². The summed E-state index contributed by atoms with van der Waals surface area (Å²) < 4.78 is 6.93. The third-order valence-electron chi connectivity index (χ3n) is 3.37. The summed E-state index contributed by atoms with van der Waals surface area (Å²) in [5.41, 5.74) is 2.78. The maximum absolute atomic E-state index is 12.2. The first kappa shape index (κ1) is 12.4. The van der Waals surface area contributed by atoms with Crippen LogP contribution in [0.15, 0.2) is 46.9 Å². The molecule has 19 heavy (non-hydrogen) atoms. The van der Waals surface area contributed by atoms with E-state index in [9.17, 15) is 4.79 Å². The highest BCUT2D eigenvalue weighted by Gasteiger charge is 2.28. The molecule has 0 unspecified atom stereocenters. The van der Waals surface area contributed by atoms with Crippen molar-refractivity contribution in [1.29, 1.82) is 0 Å². The molecule has 1 aliphatic rings. The van der Waals surface area contributed by atoms with Gasteiger partial charge < -0.3 is 4.74 Å². The standard InChI is InChI=1S/C16H13BrO2/c1-10-7-16-12(8-13(10)17)14(18)9-15(19-16)11-5-3-2-4-6-11/h2-8,15H,9H2,1H3/t15-/m0/s1. The van der Waals surface area contributed by atoms with Crippen molar-refractivity contribution in [2.24, 2.45) is 0 Å². The molecule has 0 radical (unpaired) electrons. The van der Waals surface area contributed by atoms with Crippen molar-refractivity contribution in [3.05, 3.63) is 63.6 Å². The third kappa shape index (κ3) is 2.30. The van der Waals surface area contributed by atoms with Crippen molar-refractivity contribution in [2.45, 2.75) is 19.4 Å². The van der Waals surface area contributed by atoms with Gasteiger partial charge in [-0.05, 0) is 30.2 Å². The van der Waals surface area contributed by atoms with Gasteiger partial charge in [-0.1, -0.05) is 46.3 Å². The maximum atomic E-state index is 12.2. The van der Waals surface area contributed by atoms with Crippen molar-refractivity contribution in [3.63, 3.8) is 0 Å². The minimum absolute atomic E-state index is 0.135. The number of ether oxygens (including phenoxy) is 1. The molecule has 0 aromatic heterocycles. The summed E-state index contributed by atoms with van der Waals surface area (Å²) in [4.78, 5) is 12.2. The highest BCUT2D eigenvalue weighted by atomic mass is 79.9. The van der Waals surface area contributed by atoms with Gasteiger partial charge in [-0.25, -0.2) is 0 Å². The van der Waals surface area contributed by atoms with E-state index in [1.54, 1.807) is 0 Å². The van der Waals surface area contributed by atoms with E-state index in [0.717, 1.165) is 15.6 Å². The van der Waals surface area contributed by atoms with Crippen LogP contribution in [0.4, 0.5) is 0 Å². The Morgan fingerprint density at radius 3 is 2.68 bits per heavy atom. The minimum Gasteiger partial charge on any atom is -0.484 e. The smallest absolute Gasteiger partial charge is 0.170 e. The molecule has 3 heteroatoms. The van der Waals surface area contributed by atoms with E-state index < -0.39 is 0 Å². The monoisotopic (exact) mass is 316 g/mol. The normalized spacial score (nSPS) is 17.8. The summed E-state index contributed by atoms with van der Waals surface area (Å²) >= 11 is 3.45. The van der Waals surface area contributed by atoms with Crippen LogP contribution in [-0.2, 0) is 0 Å². The number of carbonyl (C=O) groups is 1. The molecule has 2 aromatic carbocycles. The lowest BCUT2D eigenvalue weighted by atomic mass is 9.95. The molecule has 0 saturated carbocycles. The molecular formula is C16H13BrO2. The lowest BCUT2D eigenvalue weighted by molar-refractivity contribution is 0.0850. The molecule has 0 saturated heterocycles. The number of aryl methyl sites for hydroxylation is 1. The number of Topliss-reactive ketones (excluding diaryl/α,β-unsaturated/α-hetero) is 1.